The fourth-order valence-electron chi connectivity index (χ4n) is 2.55. The molecule has 0 fully saturated rings. The van der Waals surface area contributed by atoms with Gasteiger partial charge < -0.3 is 15.3 Å². The molecule has 24 heavy (non-hydrogen) atoms. The number of hydrogen-bond donors (Lipinski definition) is 3. The number of unbranched alkanes of at least 4 members (excludes halogenated alkanes) is 7. The number of allylic oxidation sites excluding steroid dienone is 4. The third kappa shape index (κ3) is 10.6. The van der Waals surface area contributed by atoms with E-state index in [1.54, 1.807) is 0 Å². The van der Waals surface area contributed by atoms with Crippen molar-refractivity contribution in [3.63, 3.8) is 0 Å². The van der Waals surface area contributed by atoms with Gasteiger partial charge in [0.1, 0.15) is 5.41 Å². The van der Waals surface area contributed by atoms with Crippen molar-refractivity contribution in [1.29, 1.82) is 0 Å². The summed E-state index contributed by atoms with van der Waals surface area (Å²) in [6.07, 6.45) is 20.1. The maximum Gasteiger partial charge on any atom is 0.314 e. The molecule has 0 aliphatic heterocycles. The maximum absolute atomic E-state index is 11.1. The van der Waals surface area contributed by atoms with Crippen molar-refractivity contribution in [2.45, 2.75) is 77.6 Å². The molecule has 3 N–H and O–H groups in total. The number of hydrogen-bond acceptors (Lipinski definition) is 3. The molecule has 0 rings (SSSR count). The third-order valence-corrected chi connectivity index (χ3v) is 4.41. The van der Waals surface area contributed by atoms with Crippen molar-refractivity contribution in [1.82, 2.24) is 0 Å². The first-order valence-corrected chi connectivity index (χ1v) is 9.38. The number of aliphatic carboxylic acids is 1. The molecule has 0 unspecified atom stereocenters. The van der Waals surface area contributed by atoms with Crippen molar-refractivity contribution in [3.05, 3.63) is 24.3 Å². The van der Waals surface area contributed by atoms with Crippen LogP contribution in [0.25, 0.3) is 0 Å². The Morgan fingerprint density at radius 2 is 1.38 bits per heavy atom. The van der Waals surface area contributed by atoms with Gasteiger partial charge in [0.2, 0.25) is 0 Å². The Kier molecular flexibility index (Phi) is 14.7. The topological polar surface area (TPSA) is 77.8 Å². The zero-order valence-corrected chi connectivity index (χ0v) is 15.3. The molecular weight excluding hydrogens is 304 g/mol. The lowest BCUT2D eigenvalue weighted by Gasteiger charge is -2.24. The SMILES string of the molecule is CCCCC/C=C\C/C=C\CCCCCCC(CO)(CO)C(=O)O. The quantitative estimate of drug-likeness (QED) is 0.286. The summed E-state index contributed by atoms with van der Waals surface area (Å²) in [6, 6.07) is 0. The van der Waals surface area contributed by atoms with Gasteiger partial charge in [-0.05, 0) is 38.5 Å². The normalized spacial score (nSPS) is 12.5. The van der Waals surface area contributed by atoms with Crippen LogP contribution in [-0.4, -0.2) is 34.5 Å². The second-order valence-electron chi connectivity index (χ2n) is 6.53. The van der Waals surface area contributed by atoms with Gasteiger partial charge in [0.15, 0.2) is 0 Å². The summed E-state index contributed by atoms with van der Waals surface area (Å²) in [7, 11) is 0. The van der Waals surface area contributed by atoms with E-state index in [0.717, 1.165) is 38.5 Å². The van der Waals surface area contributed by atoms with Crippen LogP contribution in [0, 0.1) is 5.41 Å². The van der Waals surface area contributed by atoms with Gasteiger partial charge >= 0.3 is 5.97 Å². The standard InChI is InChI=1S/C20H36O4/c1-2-3-4-5-6-7-8-9-10-11-12-13-14-15-16-20(17-21,18-22)19(23)24/h6-7,9-10,21-22H,2-5,8,11-18H2,1H3,(H,23,24)/b7-6-,10-9-. The van der Waals surface area contributed by atoms with Crippen molar-refractivity contribution < 1.29 is 20.1 Å². The minimum atomic E-state index is -1.37. The van der Waals surface area contributed by atoms with Crippen LogP contribution in [0.1, 0.15) is 77.6 Å². The summed E-state index contributed by atoms with van der Waals surface area (Å²) in [6.45, 7) is 1.20. The summed E-state index contributed by atoms with van der Waals surface area (Å²) in [5, 5.41) is 27.5. The van der Waals surface area contributed by atoms with Crippen molar-refractivity contribution >= 4 is 5.97 Å². The third-order valence-electron chi connectivity index (χ3n) is 4.41. The van der Waals surface area contributed by atoms with Crippen molar-refractivity contribution in [3.8, 4) is 0 Å². The van der Waals surface area contributed by atoms with Crippen LogP contribution in [0.2, 0.25) is 0 Å². The fraction of sp³-hybridized carbons (Fsp3) is 0.750. The van der Waals surface area contributed by atoms with Crippen LogP contribution in [0.4, 0.5) is 0 Å². The smallest absolute Gasteiger partial charge is 0.314 e. The van der Waals surface area contributed by atoms with Gasteiger partial charge in [-0.25, -0.2) is 0 Å². The largest absolute Gasteiger partial charge is 0.481 e. The number of carbonyl (C=O) groups is 1. The first kappa shape index (κ1) is 22.9. The Bertz CT molecular complexity index is 357. The molecule has 0 atom stereocenters. The molecule has 0 aliphatic carbocycles. The van der Waals surface area contributed by atoms with E-state index in [4.69, 9.17) is 5.11 Å². The minimum absolute atomic E-state index is 0.327. The first-order chi connectivity index (χ1) is 11.6. The Morgan fingerprint density at radius 3 is 1.88 bits per heavy atom. The molecule has 0 radical (unpaired) electrons. The van der Waals surface area contributed by atoms with Crippen LogP contribution in [0.5, 0.6) is 0 Å². The van der Waals surface area contributed by atoms with Crippen LogP contribution in [0.3, 0.4) is 0 Å². The zero-order valence-electron chi connectivity index (χ0n) is 15.3. The molecule has 0 saturated carbocycles. The first-order valence-electron chi connectivity index (χ1n) is 9.38. The molecule has 0 bridgehead atoms. The van der Waals surface area contributed by atoms with E-state index in [-0.39, 0.29) is 0 Å². The summed E-state index contributed by atoms with van der Waals surface area (Å²) < 4.78 is 0. The summed E-state index contributed by atoms with van der Waals surface area (Å²) in [5.74, 6) is -1.11. The lowest BCUT2D eigenvalue weighted by molar-refractivity contribution is -0.155. The lowest BCUT2D eigenvalue weighted by Crippen LogP contribution is -2.38. The molecule has 4 heteroatoms. The fourth-order valence-corrected chi connectivity index (χ4v) is 2.55. The second-order valence-corrected chi connectivity index (χ2v) is 6.53. The van der Waals surface area contributed by atoms with E-state index >= 15 is 0 Å². The van der Waals surface area contributed by atoms with Gasteiger partial charge in [0.25, 0.3) is 0 Å². The molecule has 0 aromatic heterocycles. The highest BCUT2D eigenvalue weighted by Gasteiger charge is 2.36. The van der Waals surface area contributed by atoms with E-state index < -0.39 is 24.6 Å². The Morgan fingerprint density at radius 1 is 0.833 bits per heavy atom. The molecule has 4 nitrogen and oxygen atoms in total. The molecule has 0 heterocycles. The minimum Gasteiger partial charge on any atom is -0.481 e. The van der Waals surface area contributed by atoms with Gasteiger partial charge in [0.05, 0.1) is 13.2 Å². The number of carboxylic acid groups (broad SMARTS) is 1. The van der Waals surface area contributed by atoms with Crippen molar-refractivity contribution in [2.24, 2.45) is 5.41 Å². The predicted molar refractivity (Wildman–Crippen MR) is 99.0 cm³/mol. The van der Waals surface area contributed by atoms with Crippen LogP contribution >= 0.6 is 0 Å². The molecule has 0 aromatic carbocycles. The van der Waals surface area contributed by atoms with Gasteiger partial charge in [-0.15, -0.1) is 0 Å². The number of aliphatic hydroxyl groups excluding tert-OH is 2. The molecule has 0 saturated heterocycles. The van der Waals surface area contributed by atoms with E-state index in [2.05, 4.69) is 31.2 Å². The number of rotatable bonds is 16. The van der Waals surface area contributed by atoms with E-state index in [0.29, 0.717) is 6.42 Å². The van der Waals surface area contributed by atoms with E-state index in [1.807, 2.05) is 0 Å². The van der Waals surface area contributed by atoms with E-state index in [1.165, 1.54) is 25.7 Å². The van der Waals surface area contributed by atoms with Crippen LogP contribution in [-0.2, 0) is 4.79 Å². The highest BCUT2D eigenvalue weighted by molar-refractivity contribution is 5.74. The molecule has 0 aromatic rings. The summed E-state index contributed by atoms with van der Waals surface area (Å²) >= 11 is 0. The average Bonchev–Trinajstić information content (AvgIpc) is 2.58. The summed E-state index contributed by atoms with van der Waals surface area (Å²) in [5.41, 5.74) is -1.37. The number of aliphatic hydroxyl groups is 2. The highest BCUT2D eigenvalue weighted by Crippen LogP contribution is 2.24. The average molecular weight is 341 g/mol. The monoisotopic (exact) mass is 340 g/mol. The van der Waals surface area contributed by atoms with Gasteiger partial charge in [-0.2, -0.15) is 0 Å². The molecule has 0 spiro atoms. The van der Waals surface area contributed by atoms with Gasteiger partial charge in [-0.3, -0.25) is 4.79 Å². The predicted octanol–water partition coefficient (Wildman–Crippen LogP) is 4.47. The zero-order chi connectivity index (χ0) is 18.1. The highest BCUT2D eigenvalue weighted by atomic mass is 16.4. The van der Waals surface area contributed by atoms with Crippen molar-refractivity contribution in [2.75, 3.05) is 13.2 Å². The van der Waals surface area contributed by atoms with Gasteiger partial charge in [-0.1, -0.05) is 63.3 Å². The van der Waals surface area contributed by atoms with Crippen LogP contribution in [0.15, 0.2) is 24.3 Å². The van der Waals surface area contributed by atoms with Gasteiger partial charge in [0, 0.05) is 0 Å². The molecule has 0 aliphatic rings. The molecule has 0 amide bonds. The molecule has 140 valence electrons. The second kappa shape index (κ2) is 15.4. The lowest BCUT2D eigenvalue weighted by atomic mass is 9.84. The Labute approximate surface area is 147 Å². The Balaban J connectivity index is 3.60. The van der Waals surface area contributed by atoms with Crippen LogP contribution < -0.4 is 0 Å². The summed E-state index contributed by atoms with van der Waals surface area (Å²) in [4.78, 5) is 11.1. The number of carboxylic acids is 1. The Hall–Kier alpha value is -1.13. The molecular formula is C20H36O4. The van der Waals surface area contributed by atoms with E-state index in [9.17, 15) is 15.0 Å². The maximum atomic E-state index is 11.1.